The molecule has 2 rings (SSSR count). The maximum absolute atomic E-state index is 13.3. The summed E-state index contributed by atoms with van der Waals surface area (Å²) in [6.07, 6.45) is 0.213. The molecule has 1 amide bonds. The molecule has 0 aliphatic carbocycles. The Bertz CT molecular complexity index is 592. The number of hydrogen-bond acceptors (Lipinski definition) is 3. The summed E-state index contributed by atoms with van der Waals surface area (Å²) in [7, 11) is 0. The maximum Gasteiger partial charge on any atom is 0.223 e. The van der Waals surface area contributed by atoms with E-state index in [0.717, 1.165) is 5.75 Å². The van der Waals surface area contributed by atoms with Crippen LogP contribution in [0.25, 0.3) is 0 Å². The van der Waals surface area contributed by atoms with Gasteiger partial charge in [0.15, 0.2) is 11.6 Å². The molecule has 22 heavy (non-hydrogen) atoms. The monoisotopic (exact) mass is 319 g/mol. The lowest BCUT2D eigenvalue weighted by Gasteiger charge is -2.08. The number of rotatable bonds is 8. The van der Waals surface area contributed by atoms with Crippen molar-refractivity contribution in [2.24, 2.45) is 0 Å². The number of nitrogens with one attached hydrogen (secondary N) is 1. The molecule has 116 valence electrons. The number of thioether (sulfide) groups is 1. The van der Waals surface area contributed by atoms with Gasteiger partial charge in [0.25, 0.3) is 0 Å². The second kappa shape index (κ2) is 9.10. The van der Waals surface area contributed by atoms with Crippen LogP contribution >= 0.6 is 11.8 Å². The van der Waals surface area contributed by atoms with Crippen LogP contribution in [0, 0.1) is 5.82 Å². The van der Waals surface area contributed by atoms with Gasteiger partial charge in [-0.25, -0.2) is 4.39 Å². The number of hydrogen-bond donors (Lipinski definition) is 1. The van der Waals surface area contributed by atoms with Crippen molar-refractivity contribution in [2.45, 2.75) is 11.3 Å². The van der Waals surface area contributed by atoms with Gasteiger partial charge >= 0.3 is 0 Å². The summed E-state index contributed by atoms with van der Waals surface area (Å²) in [5.74, 6) is 0.478. The standard InChI is InChI=1S/C17H18FNO2S/c18-15-8-4-5-9-16(15)21-12-10-17(20)19-11-13-22-14-6-2-1-3-7-14/h1-9H,10-13H2,(H,19,20). The van der Waals surface area contributed by atoms with E-state index in [1.807, 2.05) is 30.3 Å². The van der Waals surface area contributed by atoms with Gasteiger partial charge in [-0.05, 0) is 24.3 Å². The fourth-order valence-electron chi connectivity index (χ4n) is 1.78. The number of carbonyl (C=O) groups excluding carboxylic acids is 1. The smallest absolute Gasteiger partial charge is 0.223 e. The number of halogens is 1. The molecule has 3 nitrogen and oxygen atoms in total. The summed E-state index contributed by atoms with van der Waals surface area (Å²) in [5, 5.41) is 2.82. The third-order valence-electron chi connectivity index (χ3n) is 2.86. The molecule has 0 unspecified atom stereocenters. The summed E-state index contributed by atoms with van der Waals surface area (Å²) in [5.41, 5.74) is 0. The third kappa shape index (κ3) is 5.77. The van der Waals surface area contributed by atoms with Gasteiger partial charge in [0, 0.05) is 17.2 Å². The Morgan fingerprint density at radius 1 is 1.09 bits per heavy atom. The lowest BCUT2D eigenvalue weighted by molar-refractivity contribution is -0.121. The van der Waals surface area contributed by atoms with Crippen LogP contribution in [0.15, 0.2) is 59.5 Å². The number of benzene rings is 2. The second-order valence-electron chi connectivity index (χ2n) is 4.54. The Morgan fingerprint density at radius 3 is 2.59 bits per heavy atom. The fourth-order valence-corrected chi connectivity index (χ4v) is 2.57. The average molecular weight is 319 g/mol. The minimum atomic E-state index is -0.415. The van der Waals surface area contributed by atoms with E-state index in [0.29, 0.717) is 6.54 Å². The average Bonchev–Trinajstić information content (AvgIpc) is 2.54. The Hall–Kier alpha value is -2.01. The van der Waals surface area contributed by atoms with Crippen LogP contribution in [0.2, 0.25) is 0 Å². The van der Waals surface area contributed by atoms with Gasteiger partial charge in [0.05, 0.1) is 13.0 Å². The van der Waals surface area contributed by atoms with Crippen LogP contribution in [-0.4, -0.2) is 24.8 Å². The third-order valence-corrected chi connectivity index (χ3v) is 3.87. The van der Waals surface area contributed by atoms with Crippen molar-refractivity contribution in [1.82, 2.24) is 5.32 Å². The van der Waals surface area contributed by atoms with E-state index in [9.17, 15) is 9.18 Å². The molecule has 0 saturated carbocycles. The highest BCUT2D eigenvalue weighted by atomic mass is 32.2. The molecular formula is C17H18FNO2S. The topological polar surface area (TPSA) is 38.3 Å². The highest BCUT2D eigenvalue weighted by Gasteiger charge is 2.04. The quantitative estimate of drug-likeness (QED) is 0.598. The van der Waals surface area contributed by atoms with Gasteiger partial charge < -0.3 is 10.1 Å². The van der Waals surface area contributed by atoms with Gasteiger partial charge in [-0.3, -0.25) is 4.79 Å². The predicted octanol–water partition coefficient (Wildman–Crippen LogP) is 3.50. The molecule has 0 aliphatic heterocycles. The van der Waals surface area contributed by atoms with Gasteiger partial charge in [-0.2, -0.15) is 0 Å². The molecule has 0 radical (unpaired) electrons. The van der Waals surface area contributed by atoms with Gasteiger partial charge in [0.1, 0.15) is 0 Å². The van der Waals surface area contributed by atoms with Crippen molar-refractivity contribution in [2.75, 3.05) is 18.9 Å². The minimum Gasteiger partial charge on any atom is -0.490 e. The molecular weight excluding hydrogens is 301 g/mol. The summed E-state index contributed by atoms with van der Waals surface area (Å²) >= 11 is 1.69. The molecule has 0 atom stereocenters. The zero-order valence-electron chi connectivity index (χ0n) is 12.1. The summed E-state index contributed by atoms with van der Waals surface area (Å²) in [6, 6.07) is 16.2. The second-order valence-corrected chi connectivity index (χ2v) is 5.71. The van der Waals surface area contributed by atoms with E-state index in [2.05, 4.69) is 5.32 Å². The lowest BCUT2D eigenvalue weighted by Crippen LogP contribution is -2.27. The first kappa shape index (κ1) is 16.4. The van der Waals surface area contributed by atoms with Crippen molar-refractivity contribution in [3.63, 3.8) is 0 Å². The van der Waals surface area contributed by atoms with Crippen LogP contribution in [0.3, 0.4) is 0 Å². The zero-order chi connectivity index (χ0) is 15.6. The van der Waals surface area contributed by atoms with Gasteiger partial charge in [-0.1, -0.05) is 30.3 Å². The Balaban J connectivity index is 1.57. The number of carbonyl (C=O) groups is 1. The van der Waals surface area contributed by atoms with Crippen LogP contribution in [-0.2, 0) is 4.79 Å². The van der Waals surface area contributed by atoms with Crippen molar-refractivity contribution < 1.29 is 13.9 Å². The molecule has 0 aliphatic rings. The summed E-state index contributed by atoms with van der Waals surface area (Å²) in [6.45, 7) is 0.761. The highest BCUT2D eigenvalue weighted by Crippen LogP contribution is 2.16. The number of ether oxygens (including phenoxy) is 1. The Morgan fingerprint density at radius 2 is 1.82 bits per heavy atom. The number of para-hydroxylation sites is 1. The minimum absolute atomic E-state index is 0.0926. The summed E-state index contributed by atoms with van der Waals surface area (Å²) in [4.78, 5) is 12.8. The largest absolute Gasteiger partial charge is 0.490 e. The Kier molecular flexibility index (Phi) is 6.77. The number of amides is 1. The first-order valence-corrected chi connectivity index (χ1v) is 8.06. The molecule has 1 N–H and O–H groups in total. The van der Waals surface area contributed by atoms with Crippen molar-refractivity contribution in [3.05, 3.63) is 60.4 Å². The van der Waals surface area contributed by atoms with Gasteiger partial charge in [-0.15, -0.1) is 11.8 Å². The van der Waals surface area contributed by atoms with Crippen LogP contribution in [0.5, 0.6) is 5.75 Å². The van der Waals surface area contributed by atoms with Gasteiger partial charge in [0.2, 0.25) is 5.91 Å². The molecule has 5 heteroatoms. The molecule has 0 saturated heterocycles. The highest BCUT2D eigenvalue weighted by molar-refractivity contribution is 7.99. The van der Waals surface area contributed by atoms with Crippen molar-refractivity contribution in [3.8, 4) is 5.75 Å². The zero-order valence-corrected chi connectivity index (χ0v) is 12.9. The normalized spacial score (nSPS) is 10.2. The molecule has 0 heterocycles. The van der Waals surface area contributed by atoms with Crippen LogP contribution in [0.4, 0.5) is 4.39 Å². The predicted molar refractivity (Wildman–Crippen MR) is 86.7 cm³/mol. The molecule has 0 fully saturated rings. The molecule has 0 bridgehead atoms. The fraction of sp³-hybridized carbons (Fsp3) is 0.235. The van der Waals surface area contributed by atoms with E-state index < -0.39 is 5.82 Å². The van der Waals surface area contributed by atoms with E-state index in [1.54, 1.807) is 30.0 Å². The van der Waals surface area contributed by atoms with Crippen molar-refractivity contribution in [1.29, 1.82) is 0 Å². The molecule has 2 aromatic carbocycles. The molecule has 0 spiro atoms. The lowest BCUT2D eigenvalue weighted by atomic mass is 10.3. The van der Waals surface area contributed by atoms with Crippen LogP contribution in [0.1, 0.15) is 6.42 Å². The molecule has 0 aromatic heterocycles. The first-order valence-electron chi connectivity index (χ1n) is 7.07. The molecule has 2 aromatic rings. The van der Waals surface area contributed by atoms with E-state index in [-0.39, 0.29) is 24.7 Å². The SMILES string of the molecule is O=C(CCOc1ccccc1F)NCCSc1ccccc1. The maximum atomic E-state index is 13.3. The van der Waals surface area contributed by atoms with E-state index >= 15 is 0 Å². The summed E-state index contributed by atoms with van der Waals surface area (Å²) < 4.78 is 18.5. The van der Waals surface area contributed by atoms with Crippen molar-refractivity contribution >= 4 is 17.7 Å². The van der Waals surface area contributed by atoms with Crippen LogP contribution < -0.4 is 10.1 Å². The Labute approximate surface area is 133 Å². The van der Waals surface area contributed by atoms with E-state index in [1.165, 1.54) is 11.0 Å². The van der Waals surface area contributed by atoms with E-state index in [4.69, 9.17) is 4.74 Å². The first-order chi connectivity index (χ1) is 10.8.